The fourth-order valence-corrected chi connectivity index (χ4v) is 4.10. The van der Waals surface area contributed by atoms with Crippen LogP contribution in [0, 0.1) is 0 Å². The molecule has 3 rings (SSSR count). The molecule has 28 heavy (non-hydrogen) atoms. The molecule has 1 heterocycles. The zero-order valence-electron chi connectivity index (χ0n) is 15.3. The van der Waals surface area contributed by atoms with Gasteiger partial charge in [0.1, 0.15) is 10.1 Å². The van der Waals surface area contributed by atoms with Gasteiger partial charge in [-0.15, -0.1) is 0 Å². The molecule has 2 aromatic carbocycles. The highest BCUT2D eigenvalue weighted by atomic mass is 32.2. The smallest absolute Gasteiger partial charge is 0.303 e. The molecule has 1 N–H and O–H groups in total. The van der Waals surface area contributed by atoms with Gasteiger partial charge in [-0.05, 0) is 41.3 Å². The molecule has 0 bridgehead atoms. The highest BCUT2D eigenvalue weighted by Crippen LogP contribution is 2.33. The minimum atomic E-state index is -0.877. The Labute approximate surface area is 173 Å². The maximum atomic E-state index is 12.5. The van der Waals surface area contributed by atoms with Crippen LogP contribution >= 0.6 is 24.0 Å². The van der Waals surface area contributed by atoms with Gasteiger partial charge in [-0.1, -0.05) is 60.4 Å². The largest absolute Gasteiger partial charge is 0.497 e. The lowest BCUT2D eigenvalue weighted by atomic mass is 10.0. The average Bonchev–Trinajstić information content (AvgIpc) is 2.96. The summed E-state index contributed by atoms with van der Waals surface area (Å²) >= 11 is 6.51. The summed E-state index contributed by atoms with van der Waals surface area (Å²) in [6.45, 7) is 0.324. The number of carbonyl (C=O) groups is 2. The molecule has 1 amide bonds. The molecule has 144 valence electrons. The molecule has 0 atom stereocenters. The van der Waals surface area contributed by atoms with E-state index in [0.717, 1.165) is 22.4 Å². The summed E-state index contributed by atoms with van der Waals surface area (Å²) in [5, 5.41) is 8.74. The van der Waals surface area contributed by atoms with Crippen molar-refractivity contribution < 1.29 is 19.4 Å². The lowest BCUT2D eigenvalue weighted by Gasteiger charge is -2.13. The van der Waals surface area contributed by atoms with Gasteiger partial charge in [-0.2, -0.15) is 0 Å². The van der Waals surface area contributed by atoms with E-state index >= 15 is 0 Å². The predicted octanol–water partition coefficient (Wildman–Crippen LogP) is 4.43. The van der Waals surface area contributed by atoms with Crippen LogP contribution in [0.1, 0.15) is 18.4 Å². The van der Waals surface area contributed by atoms with Crippen molar-refractivity contribution >= 4 is 46.3 Å². The van der Waals surface area contributed by atoms with Crippen LogP contribution in [0.25, 0.3) is 17.2 Å². The van der Waals surface area contributed by atoms with Crippen LogP contribution in [0.5, 0.6) is 5.75 Å². The van der Waals surface area contributed by atoms with E-state index in [4.69, 9.17) is 22.1 Å². The van der Waals surface area contributed by atoms with Crippen molar-refractivity contribution in [1.82, 2.24) is 4.90 Å². The van der Waals surface area contributed by atoms with Gasteiger partial charge < -0.3 is 9.84 Å². The molecule has 5 nitrogen and oxygen atoms in total. The molecule has 0 saturated carbocycles. The lowest BCUT2D eigenvalue weighted by Crippen LogP contribution is -2.29. The molecule has 2 aromatic rings. The fourth-order valence-electron chi connectivity index (χ4n) is 2.79. The number of ether oxygens (including phenoxy) is 1. The number of benzene rings is 2. The second-order valence-corrected chi connectivity index (χ2v) is 7.86. The van der Waals surface area contributed by atoms with Crippen molar-refractivity contribution in [2.45, 2.75) is 12.8 Å². The minimum Gasteiger partial charge on any atom is -0.497 e. The number of carboxylic acid groups (broad SMARTS) is 1. The Morgan fingerprint density at radius 1 is 1.14 bits per heavy atom. The Morgan fingerprint density at radius 3 is 2.32 bits per heavy atom. The summed E-state index contributed by atoms with van der Waals surface area (Å²) in [7, 11) is 1.64. The van der Waals surface area contributed by atoms with Crippen LogP contribution in [0.3, 0.4) is 0 Å². The minimum absolute atomic E-state index is 0.0168. The number of rotatable bonds is 7. The van der Waals surface area contributed by atoms with Crippen molar-refractivity contribution in [3.63, 3.8) is 0 Å². The normalized spacial score (nSPS) is 15.3. The van der Waals surface area contributed by atoms with Gasteiger partial charge in [0, 0.05) is 13.0 Å². The number of aliphatic carboxylic acids is 1. The monoisotopic (exact) mass is 413 g/mol. The van der Waals surface area contributed by atoms with Gasteiger partial charge in [-0.3, -0.25) is 14.5 Å². The third kappa shape index (κ3) is 4.79. The Morgan fingerprint density at radius 2 is 1.75 bits per heavy atom. The van der Waals surface area contributed by atoms with E-state index in [1.165, 1.54) is 16.7 Å². The highest BCUT2D eigenvalue weighted by Gasteiger charge is 2.31. The summed E-state index contributed by atoms with van der Waals surface area (Å²) < 4.78 is 5.65. The third-order valence-corrected chi connectivity index (χ3v) is 5.66. The number of nitrogens with zero attached hydrogens (tertiary/aromatic N) is 1. The first kappa shape index (κ1) is 20.1. The number of hydrogen-bond donors (Lipinski definition) is 1. The standard InChI is InChI=1S/C21H19NO4S2/c1-26-17-10-8-16(9-11-17)15-6-4-14(5-7-15)13-18-20(25)22(21(27)28-18)12-2-3-19(23)24/h4-11,13H,2-3,12H2,1H3,(H,23,24). The van der Waals surface area contributed by atoms with Crippen LogP contribution in [-0.4, -0.2) is 39.9 Å². The van der Waals surface area contributed by atoms with Crippen molar-refractivity contribution in [3.05, 3.63) is 59.0 Å². The first-order valence-corrected chi connectivity index (χ1v) is 9.92. The zero-order chi connectivity index (χ0) is 20.1. The molecule has 1 fully saturated rings. The van der Waals surface area contributed by atoms with Crippen LogP contribution < -0.4 is 4.74 Å². The third-order valence-electron chi connectivity index (χ3n) is 4.28. The summed E-state index contributed by atoms with van der Waals surface area (Å²) in [6, 6.07) is 15.7. The molecule has 1 saturated heterocycles. The second kappa shape index (κ2) is 9.03. The maximum Gasteiger partial charge on any atom is 0.303 e. The van der Waals surface area contributed by atoms with E-state index < -0.39 is 5.97 Å². The van der Waals surface area contributed by atoms with Gasteiger partial charge in [0.05, 0.1) is 12.0 Å². The molecule has 0 unspecified atom stereocenters. The number of carbonyl (C=O) groups excluding carboxylic acids is 1. The van der Waals surface area contributed by atoms with E-state index in [-0.39, 0.29) is 12.3 Å². The van der Waals surface area contributed by atoms with E-state index in [1.807, 2.05) is 54.6 Å². The Kier molecular flexibility index (Phi) is 6.49. The molecule has 7 heteroatoms. The van der Waals surface area contributed by atoms with Crippen LogP contribution in [0.15, 0.2) is 53.4 Å². The van der Waals surface area contributed by atoms with E-state index in [1.54, 1.807) is 7.11 Å². The van der Waals surface area contributed by atoms with Gasteiger partial charge in [0.2, 0.25) is 0 Å². The van der Waals surface area contributed by atoms with E-state index in [2.05, 4.69) is 0 Å². The highest BCUT2D eigenvalue weighted by molar-refractivity contribution is 8.26. The Balaban J connectivity index is 1.70. The van der Waals surface area contributed by atoms with Gasteiger partial charge >= 0.3 is 5.97 Å². The van der Waals surface area contributed by atoms with Crippen LogP contribution in [-0.2, 0) is 9.59 Å². The number of thiocarbonyl (C=S) groups is 1. The topological polar surface area (TPSA) is 66.8 Å². The van der Waals surface area contributed by atoms with Crippen LogP contribution in [0.4, 0.5) is 0 Å². The molecule has 0 radical (unpaired) electrons. The first-order valence-electron chi connectivity index (χ1n) is 8.69. The quantitative estimate of drug-likeness (QED) is 0.535. The predicted molar refractivity (Wildman–Crippen MR) is 115 cm³/mol. The van der Waals surface area contributed by atoms with Gasteiger partial charge in [0.25, 0.3) is 5.91 Å². The second-order valence-electron chi connectivity index (χ2n) is 6.18. The molecular weight excluding hydrogens is 394 g/mol. The Hall–Kier alpha value is -2.64. The van der Waals surface area contributed by atoms with Gasteiger partial charge in [0.15, 0.2) is 0 Å². The summed E-state index contributed by atoms with van der Waals surface area (Å²) in [6.07, 6.45) is 2.21. The van der Waals surface area contributed by atoms with Gasteiger partial charge in [-0.25, -0.2) is 0 Å². The summed E-state index contributed by atoms with van der Waals surface area (Å²) in [5.41, 5.74) is 3.06. The van der Waals surface area contributed by atoms with E-state index in [9.17, 15) is 9.59 Å². The molecular formula is C21H19NO4S2. The fraction of sp³-hybridized carbons (Fsp3) is 0.190. The summed E-state index contributed by atoms with van der Waals surface area (Å²) in [5.74, 6) is -0.233. The zero-order valence-corrected chi connectivity index (χ0v) is 16.9. The molecule has 0 aliphatic carbocycles. The average molecular weight is 414 g/mol. The van der Waals surface area contributed by atoms with E-state index in [0.29, 0.717) is 22.2 Å². The number of amides is 1. The van der Waals surface area contributed by atoms with Crippen molar-refractivity contribution in [3.8, 4) is 16.9 Å². The Bertz CT molecular complexity index is 920. The molecule has 1 aliphatic heterocycles. The number of methoxy groups -OCH3 is 1. The number of hydrogen-bond acceptors (Lipinski definition) is 5. The SMILES string of the molecule is COc1ccc(-c2ccc(C=C3SC(=S)N(CCCC(=O)O)C3=O)cc2)cc1. The molecule has 0 spiro atoms. The van der Waals surface area contributed by atoms with Crippen molar-refractivity contribution in [2.75, 3.05) is 13.7 Å². The molecule has 1 aliphatic rings. The van der Waals surface area contributed by atoms with Crippen LogP contribution in [0.2, 0.25) is 0 Å². The van der Waals surface area contributed by atoms with Crippen molar-refractivity contribution in [1.29, 1.82) is 0 Å². The first-order chi connectivity index (χ1) is 13.5. The number of carboxylic acids is 1. The molecule has 0 aromatic heterocycles. The summed E-state index contributed by atoms with van der Waals surface area (Å²) in [4.78, 5) is 25.2. The maximum absolute atomic E-state index is 12.5. The lowest BCUT2D eigenvalue weighted by molar-refractivity contribution is -0.137. The van der Waals surface area contributed by atoms with Crippen molar-refractivity contribution in [2.24, 2.45) is 0 Å². The number of thioether (sulfide) groups is 1.